The van der Waals surface area contributed by atoms with Gasteiger partial charge in [-0.15, -0.1) is 0 Å². The number of carbonyl (C=O) groups is 1. The van der Waals surface area contributed by atoms with E-state index in [2.05, 4.69) is 40.7 Å². The summed E-state index contributed by atoms with van der Waals surface area (Å²) >= 11 is 0. The summed E-state index contributed by atoms with van der Waals surface area (Å²) in [5.41, 5.74) is -2.34. The van der Waals surface area contributed by atoms with Gasteiger partial charge in [0.15, 0.2) is 31.3 Å². The number of aliphatic hydroxyl groups is 14. The van der Waals surface area contributed by atoms with Gasteiger partial charge in [0, 0.05) is 10.8 Å². The molecule has 0 unspecified atom stereocenters. The number of aliphatic carboxylic acids is 1. The molecule has 9 rings (SSSR count). The molecule has 24 nitrogen and oxygen atoms in total. The number of carboxylic acids is 1. The zero-order valence-corrected chi connectivity index (χ0v) is 44.9. The lowest BCUT2D eigenvalue weighted by Crippen LogP contribution is -2.72. The second kappa shape index (κ2) is 21.5. The summed E-state index contributed by atoms with van der Waals surface area (Å²) in [5.74, 6) is -1.93. The highest BCUT2D eigenvalue weighted by atomic mass is 16.8. The summed E-state index contributed by atoms with van der Waals surface area (Å²) in [6, 6.07) is 0. The largest absolute Gasteiger partial charge is 0.479 e. The van der Waals surface area contributed by atoms with Crippen LogP contribution in [0.5, 0.6) is 0 Å². The molecule has 4 aliphatic heterocycles. The zero-order valence-electron chi connectivity index (χ0n) is 44.9. The lowest BCUT2D eigenvalue weighted by atomic mass is 9.32. The Morgan fingerprint density at radius 2 is 1.18 bits per heavy atom. The number of hydrogen-bond donors (Lipinski definition) is 15. The van der Waals surface area contributed by atoms with E-state index in [-0.39, 0.29) is 29.8 Å². The third kappa shape index (κ3) is 9.50. The zero-order chi connectivity index (χ0) is 56.4. The summed E-state index contributed by atoms with van der Waals surface area (Å²) < 4.78 is 48.5. The predicted octanol–water partition coefficient (Wildman–Crippen LogP) is -2.89. The molecule has 8 fully saturated rings. The maximum atomic E-state index is 13.1. The number of carboxylic acid groups (broad SMARTS) is 1. The molecule has 0 spiro atoms. The minimum atomic E-state index is -2.22. The fraction of sp³-hybridized carbons (Fsp3) is 0.943. The summed E-state index contributed by atoms with van der Waals surface area (Å²) in [5, 5.41) is 165. The van der Waals surface area contributed by atoms with Crippen LogP contribution in [-0.2, 0) is 42.7 Å². The molecule has 24 heteroatoms. The molecule has 15 N–H and O–H groups in total. The van der Waals surface area contributed by atoms with Crippen molar-refractivity contribution in [3.63, 3.8) is 0 Å². The highest BCUT2D eigenvalue weighted by Gasteiger charge is 2.73. The number of fused-ring (bicyclic) bond motifs is 7. The molecule has 77 heavy (non-hydrogen) atoms. The smallest absolute Gasteiger partial charge is 0.335 e. The summed E-state index contributed by atoms with van der Waals surface area (Å²) in [6.07, 6.45) is -31.7. The standard InChI is InChI=1S/C53H86O24/c1-48(2)14-15-53(20-56)22(16-48)21-8-9-27-50(5)12-11-28(49(3,4)26(50)10-13-51(27,6)52(21,7)41(66)42(53)67)73-47-40(77-45-35(64)33(62)31(60)25(18-55)72-45)37(36(65)38(75-47)43(68)69)74-46-39(29(58)23(57)19-70-46)76-44-34(63)32(61)30(59)24(17-54)71-44/h8,22-42,44-47,54-67H,9-20H2,1-7H3,(H,68,69)/t22-,23+,24+,25+,26-,27+,28-,29-,30+,31-,32-,33-,34+,35+,36-,37-,38-,39+,40+,41-,42+,44-,45-,46-,47+,50-,51+,52-,53+/m0/s1. The number of allylic oxidation sites excluding steroid dienone is 1. The lowest BCUT2D eigenvalue weighted by molar-refractivity contribution is -0.401. The van der Waals surface area contributed by atoms with Gasteiger partial charge in [0.25, 0.3) is 0 Å². The molecule has 0 radical (unpaired) electrons. The molecule has 0 aromatic rings. The maximum absolute atomic E-state index is 13.1. The molecule has 0 amide bonds. The van der Waals surface area contributed by atoms with Crippen LogP contribution < -0.4 is 0 Å². The molecule has 0 aromatic heterocycles. The van der Waals surface area contributed by atoms with Crippen molar-refractivity contribution in [1.29, 1.82) is 0 Å². The maximum Gasteiger partial charge on any atom is 0.335 e. The highest BCUT2D eigenvalue weighted by Crippen LogP contribution is 2.76. The van der Waals surface area contributed by atoms with E-state index >= 15 is 0 Å². The van der Waals surface area contributed by atoms with E-state index in [1.54, 1.807) is 0 Å². The van der Waals surface area contributed by atoms with Crippen LogP contribution in [0.25, 0.3) is 0 Å². The van der Waals surface area contributed by atoms with Crippen LogP contribution in [0.15, 0.2) is 11.6 Å². The van der Waals surface area contributed by atoms with Crippen LogP contribution in [0, 0.1) is 50.2 Å². The van der Waals surface area contributed by atoms with Gasteiger partial charge >= 0.3 is 5.97 Å². The van der Waals surface area contributed by atoms with Gasteiger partial charge in [-0.2, -0.15) is 0 Å². The summed E-state index contributed by atoms with van der Waals surface area (Å²) in [6.45, 7) is 12.5. The molecular formula is C53H86O24. The van der Waals surface area contributed by atoms with Crippen molar-refractivity contribution in [2.45, 2.75) is 235 Å². The first-order valence-electron chi connectivity index (χ1n) is 27.4. The Hall–Kier alpha value is -1.67. The Morgan fingerprint density at radius 1 is 0.597 bits per heavy atom. The molecule has 442 valence electrons. The fourth-order valence-electron chi connectivity index (χ4n) is 16.5. The Morgan fingerprint density at radius 3 is 1.75 bits per heavy atom. The van der Waals surface area contributed by atoms with E-state index in [4.69, 9.17) is 37.9 Å². The lowest BCUT2D eigenvalue weighted by Gasteiger charge is -2.73. The van der Waals surface area contributed by atoms with E-state index in [0.717, 1.165) is 18.4 Å². The van der Waals surface area contributed by atoms with E-state index in [9.17, 15) is 81.4 Å². The van der Waals surface area contributed by atoms with E-state index in [1.807, 2.05) is 13.8 Å². The monoisotopic (exact) mass is 1110 g/mol. The van der Waals surface area contributed by atoms with E-state index in [0.29, 0.717) is 38.5 Å². The van der Waals surface area contributed by atoms with Gasteiger partial charge in [-0.3, -0.25) is 0 Å². The number of hydrogen-bond acceptors (Lipinski definition) is 23. The van der Waals surface area contributed by atoms with Crippen molar-refractivity contribution >= 4 is 5.97 Å². The summed E-state index contributed by atoms with van der Waals surface area (Å²) in [7, 11) is 0. The molecule has 4 saturated heterocycles. The Bertz CT molecular complexity index is 2130. The van der Waals surface area contributed by atoms with Gasteiger partial charge < -0.3 is 114 Å². The average Bonchev–Trinajstić information content (AvgIpc) is 3.47. The van der Waals surface area contributed by atoms with Crippen LogP contribution in [0.2, 0.25) is 0 Å². The van der Waals surface area contributed by atoms with Gasteiger partial charge in [0.1, 0.15) is 85.5 Å². The predicted molar refractivity (Wildman–Crippen MR) is 260 cm³/mol. The molecule has 0 aromatic carbocycles. The van der Waals surface area contributed by atoms with Gasteiger partial charge in [0.05, 0.1) is 44.7 Å². The van der Waals surface area contributed by atoms with Gasteiger partial charge in [-0.05, 0) is 90.8 Å². The van der Waals surface area contributed by atoms with E-state index in [1.165, 1.54) is 0 Å². The van der Waals surface area contributed by atoms with Crippen LogP contribution in [0.3, 0.4) is 0 Å². The molecule has 4 heterocycles. The number of rotatable bonds is 12. The van der Waals surface area contributed by atoms with Crippen molar-refractivity contribution < 1.29 is 119 Å². The van der Waals surface area contributed by atoms with Gasteiger partial charge in [-0.25, -0.2) is 4.79 Å². The Kier molecular flexibility index (Phi) is 16.7. The van der Waals surface area contributed by atoms with E-state index < -0.39 is 188 Å². The van der Waals surface area contributed by atoms with Gasteiger partial charge in [-0.1, -0.05) is 60.1 Å². The SMILES string of the molecule is CC1(C)CC[C@]2(CO)[C@H](O)[C@H](O)[C@]3(C)C(=CC[C@@H]4[C@@]5(C)CC[C@H](O[C@@H]6O[C@H](C(=O)O)[C@@H](O)[C@H](O[C@@H]7OC[C@@H](O)[C@H](O)[C@H]7O[C@@H]7O[C@H](CO)[C@@H](O)[C@H](O)[C@H]7O)[C@H]6O[C@@H]6O[C@H](CO)[C@H](O)[C@H](O)[C@H]6O)C(C)(C)[C@@H]5CC[C@]43C)[C@@H]2C1. The minimum Gasteiger partial charge on any atom is -0.479 e. The molecule has 29 atom stereocenters. The van der Waals surface area contributed by atoms with Crippen LogP contribution in [0.4, 0.5) is 0 Å². The third-order valence-electron chi connectivity index (χ3n) is 21.3. The average molecular weight is 1110 g/mol. The van der Waals surface area contributed by atoms with Crippen LogP contribution in [0.1, 0.15) is 99.8 Å². The fourth-order valence-corrected chi connectivity index (χ4v) is 16.5. The minimum absolute atomic E-state index is 0.0113. The molecule has 4 saturated carbocycles. The molecule has 5 aliphatic carbocycles. The van der Waals surface area contributed by atoms with Crippen molar-refractivity contribution in [3.05, 3.63) is 11.6 Å². The topological polar surface area (TPSA) is 394 Å². The number of aliphatic hydroxyl groups excluding tert-OH is 14. The van der Waals surface area contributed by atoms with Crippen molar-refractivity contribution in [2.24, 2.45) is 50.2 Å². The first-order chi connectivity index (χ1) is 36.0. The normalized spacial score (nSPS) is 54.5. The van der Waals surface area contributed by atoms with Crippen LogP contribution >= 0.6 is 0 Å². The van der Waals surface area contributed by atoms with Crippen molar-refractivity contribution in [2.75, 3.05) is 26.4 Å². The van der Waals surface area contributed by atoms with Crippen LogP contribution in [-0.4, -0.2) is 244 Å². The molecule has 0 bridgehead atoms. The Labute approximate surface area is 447 Å². The summed E-state index contributed by atoms with van der Waals surface area (Å²) in [4.78, 5) is 13.1. The second-order valence-electron chi connectivity index (χ2n) is 26.1. The number of ether oxygens (including phenoxy) is 8. The van der Waals surface area contributed by atoms with Crippen molar-refractivity contribution in [3.8, 4) is 0 Å². The first-order valence-corrected chi connectivity index (χ1v) is 27.4. The quantitative estimate of drug-likeness (QED) is 0.0689. The second-order valence-corrected chi connectivity index (χ2v) is 26.1. The van der Waals surface area contributed by atoms with Gasteiger partial charge in [0.2, 0.25) is 0 Å². The third-order valence-corrected chi connectivity index (χ3v) is 21.3. The molecular weight excluding hydrogens is 1020 g/mol. The van der Waals surface area contributed by atoms with Crippen molar-refractivity contribution in [1.82, 2.24) is 0 Å². The highest BCUT2D eigenvalue weighted by molar-refractivity contribution is 5.73. The first kappa shape index (κ1) is 59.9. The Balaban J connectivity index is 1.04. The molecule has 9 aliphatic rings.